The van der Waals surface area contributed by atoms with Crippen LogP contribution in [-0.2, 0) is 0 Å². The minimum atomic E-state index is -0.101. The van der Waals surface area contributed by atoms with Crippen LogP contribution >= 0.6 is 0 Å². The normalized spacial score (nSPS) is 21.1. The maximum Gasteiger partial charge on any atom is 0.115 e. The molecule has 1 aromatic carbocycles. The third-order valence-corrected chi connectivity index (χ3v) is 3.59. The molecule has 1 heterocycles. The van der Waals surface area contributed by atoms with E-state index in [0.717, 1.165) is 23.3 Å². The zero-order valence-electron chi connectivity index (χ0n) is 11.0. The molecule has 0 amide bonds. The summed E-state index contributed by atoms with van der Waals surface area (Å²) in [6.07, 6.45) is 9.15. The van der Waals surface area contributed by atoms with Crippen LogP contribution in [0.15, 0.2) is 77.3 Å². The summed E-state index contributed by atoms with van der Waals surface area (Å²) in [5, 5.41) is 12.6. The van der Waals surface area contributed by atoms with Crippen LogP contribution in [0.1, 0.15) is 17.9 Å². The van der Waals surface area contributed by atoms with Gasteiger partial charge in [0.2, 0.25) is 0 Å². The van der Waals surface area contributed by atoms with Gasteiger partial charge >= 0.3 is 0 Å². The smallest absolute Gasteiger partial charge is 0.115 e. The van der Waals surface area contributed by atoms with Crippen molar-refractivity contribution in [1.82, 2.24) is 5.32 Å². The first-order valence-corrected chi connectivity index (χ1v) is 6.60. The Morgan fingerprint density at radius 2 is 2.05 bits per heavy atom. The summed E-state index contributed by atoms with van der Waals surface area (Å²) in [5.41, 5.74) is 9.79. The van der Waals surface area contributed by atoms with Crippen molar-refractivity contribution in [3.63, 3.8) is 0 Å². The molecule has 0 spiro atoms. The van der Waals surface area contributed by atoms with Gasteiger partial charge in [0.1, 0.15) is 5.82 Å². The number of fused-ring (bicyclic) bond motifs is 1. The van der Waals surface area contributed by atoms with Gasteiger partial charge in [-0.15, -0.1) is 0 Å². The summed E-state index contributed by atoms with van der Waals surface area (Å²) in [6.45, 7) is 0. The van der Waals surface area contributed by atoms with E-state index in [1.54, 1.807) is 0 Å². The Labute approximate surface area is 118 Å². The topological polar surface area (TPSA) is 61.8 Å². The summed E-state index contributed by atoms with van der Waals surface area (Å²) in [4.78, 5) is 0. The van der Waals surface area contributed by atoms with Gasteiger partial charge in [0, 0.05) is 11.6 Å². The minimum Gasteiger partial charge on any atom is -0.384 e. The van der Waals surface area contributed by atoms with Crippen LogP contribution in [0, 0.1) is 11.3 Å². The van der Waals surface area contributed by atoms with Gasteiger partial charge in [-0.05, 0) is 17.6 Å². The molecule has 3 N–H and O–H groups in total. The molecule has 1 aliphatic carbocycles. The van der Waals surface area contributed by atoms with E-state index in [2.05, 4.69) is 29.6 Å². The molecule has 1 unspecified atom stereocenters. The van der Waals surface area contributed by atoms with Crippen molar-refractivity contribution in [2.24, 2.45) is 5.73 Å². The molecule has 0 saturated carbocycles. The van der Waals surface area contributed by atoms with E-state index in [1.807, 2.05) is 36.4 Å². The standard InChI is InChI=1S/C17H15N3/c18-11-14-16(12-7-3-1-4-8-12)13-9-5-2-6-10-15(13)20-17(14)19/h1-5,7-10,16,20H,6,19H2. The highest BCUT2D eigenvalue weighted by Gasteiger charge is 2.30. The molecule has 0 radical (unpaired) electrons. The van der Waals surface area contributed by atoms with Gasteiger partial charge in [0.25, 0.3) is 0 Å². The van der Waals surface area contributed by atoms with Gasteiger partial charge in [-0.1, -0.05) is 54.6 Å². The molecule has 2 aliphatic rings. The number of benzene rings is 1. The number of hydrogen-bond acceptors (Lipinski definition) is 3. The highest BCUT2D eigenvalue weighted by Crippen LogP contribution is 2.39. The second-order valence-electron chi connectivity index (χ2n) is 4.81. The molecule has 1 atom stereocenters. The van der Waals surface area contributed by atoms with Crippen molar-refractivity contribution in [2.45, 2.75) is 12.3 Å². The molecule has 98 valence electrons. The molecular weight excluding hydrogens is 246 g/mol. The third kappa shape index (κ3) is 2.02. The number of nitriles is 1. The number of nitrogens with two attached hydrogens (primary N) is 1. The molecule has 3 heteroatoms. The summed E-state index contributed by atoms with van der Waals surface area (Å²) in [7, 11) is 0. The second-order valence-corrected chi connectivity index (χ2v) is 4.81. The molecule has 3 nitrogen and oxygen atoms in total. The monoisotopic (exact) mass is 261 g/mol. The molecular formula is C17H15N3. The number of allylic oxidation sites excluding steroid dienone is 6. The van der Waals surface area contributed by atoms with E-state index in [1.165, 1.54) is 0 Å². The second kappa shape index (κ2) is 5.10. The molecule has 0 bridgehead atoms. The van der Waals surface area contributed by atoms with E-state index in [0.29, 0.717) is 11.4 Å². The lowest BCUT2D eigenvalue weighted by Crippen LogP contribution is -2.31. The van der Waals surface area contributed by atoms with E-state index in [-0.39, 0.29) is 5.92 Å². The number of hydrogen-bond donors (Lipinski definition) is 2. The van der Waals surface area contributed by atoms with Crippen LogP contribution < -0.4 is 11.1 Å². The lowest BCUT2D eigenvalue weighted by molar-refractivity contribution is 0.796. The Morgan fingerprint density at radius 1 is 1.25 bits per heavy atom. The van der Waals surface area contributed by atoms with Crippen LogP contribution in [-0.4, -0.2) is 0 Å². The molecule has 0 fully saturated rings. The van der Waals surface area contributed by atoms with E-state index >= 15 is 0 Å². The van der Waals surface area contributed by atoms with Gasteiger partial charge in [-0.25, -0.2) is 0 Å². The van der Waals surface area contributed by atoms with Crippen molar-refractivity contribution in [3.05, 3.63) is 82.9 Å². The molecule has 1 aromatic rings. The first kappa shape index (κ1) is 12.3. The predicted molar refractivity (Wildman–Crippen MR) is 79.1 cm³/mol. The van der Waals surface area contributed by atoms with Crippen molar-refractivity contribution in [3.8, 4) is 6.07 Å². The molecule has 3 rings (SSSR count). The molecule has 1 aliphatic heterocycles. The summed E-state index contributed by atoms with van der Waals surface area (Å²) in [6, 6.07) is 12.3. The fourth-order valence-corrected chi connectivity index (χ4v) is 2.66. The highest BCUT2D eigenvalue weighted by atomic mass is 15.0. The minimum absolute atomic E-state index is 0.101. The number of nitrogens with one attached hydrogen (secondary N) is 1. The Kier molecular flexibility index (Phi) is 3.14. The van der Waals surface area contributed by atoms with E-state index in [9.17, 15) is 5.26 Å². The van der Waals surface area contributed by atoms with Crippen LogP contribution in [0.4, 0.5) is 0 Å². The zero-order chi connectivity index (χ0) is 13.9. The maximum atomic E-state index is 9.46. The average Bonchev–Trinajstić information content (AvgIpc) is 2.71. The molecule has 20 heavy (non-hydrogen) atoms. The van der Waals surface area contributed by atoms with Crippen LogP contribution in [0.3, 0.4) is 0 Å². The van der Waals surface area contributed by atoms with Crippen molar-refractivity contribution in [2.75, 3.05) is 0 Å². The van der Waals surface area contributed by atoms with Crippen molar-refractivity contribution in [1.29, 1.82) is 5.26 Å². The number of rotatable bonds is 1. The fourth-order valence-electron chi connectivity index (χ4n) is 2.66. The maximum absolute atomic E-state index is 9.46. The average molecular weight is 261 g/mol. The lowest BCUT2D eigenvalue weighted by Gasteiger charge is -2.29. The van der Waals surface area contributed by atoms with E-state index < -0.39 is 0 Å². The Bertz CT molecular complexity index is 685. The Hall–Kier alpha value is -2.73. The van der Waals surface area contributed by atoms with Crippen LogP contribution in [0.5, 0.6) is 0 Å². The van der Waals surface area contributed by atoms with Gasteiger partial charge in [-0.2, -0.15) is 5.26 Å². The Balaban J connectivity index is 2.20. The van der Waals surface area contributed by atoms with Gasteiger partial charge in [0.15, 0.2) is 0 Å². The Morgan fingerprint density at radius 3 is 2.80 bits per heavy atom. The van der Waals surface area contributed by atoms with Gasteiger partial charge in [0.05, 0.1) is 11.6 Å². The first-order chi connectivity index (χ1) is 9.81. The van der Waals surface area contributed by atoms with Crippen molar-refractivity contribution >= 4 is 0 Å². The van der Waals surface area contributed by atoms with Crippen LogP contribution in [0.25, 0.3) is 0 Å². The zero-order valence-corrected chi connectivity index (χ0v) is 11.0. The lowest BCUT2D eigenvalue weighted by atomic mass is 9.81. The fraction of sp³-hybridized carbons (Fsp3) is 0.118. The van der Waals surface area contributed by atoms with Gasteiger partial charge in [-0.3, -0.25) is 0 Å². The quantitative estimate of drug-likeness (QED) is 0.817. The molecule has 0 aromatic heterocycles. The SMILES string of the molecule is N#CC1=C(N)NC2=CCC=CC=C2C1c1ccccc1. The summed E-state index contributed by atoms with van der Waals surface area (Å²) < 4.78 is 0. The summed E-state index contributed by atoms with van der Waals surface area (Å²) in [5.74, 6) is 0.350. The first-order valence-electron chi connectivity index (χ1n) is 6.60. The van der Waals surface area contributed by atoms with Crippen LogP contribution in [0.2, 0.25) is 0 Å². The highest BCUT2D eigenvalue weighted by molar-refractivity contribution is 5.57. The molecule has 0 saturated heterocycles. The number of nitrogens with zero attached hydrogens (tertiary/aromatic N) is 1. The predicted octanol–water partition coefficient (Wildman–Crippen LogP) is 2.84. The van der Waals surface area contributed by atoms with Crippen molar-refractivity contribution < 1.29 is 0 Å². The largest absolute Gasteiger partial charge is 0.384 e. The van der Waals surface area contributed by atoms with Gasteiger partial charge < -0.3 is 11.1 Å². The third-order valence-electron chi connectivity index (χ3n) is 3.59. The summed E-state index contributed by atoms with van der Waals surface area (Å²) >= 11 is 0. The van der Waals surface area contributed by atoms with E-state index in [4.69, 9.17) is 5.73 Å².